The zero-order valence-corrected chi connectivity index (χ0v) is 2.94. The van der Waals surface area contributed by atoms with Crippen LogP contribution in [0.25, 0.3) is 0 Å². The topological polar surface area (TPSA) is 12.0 Å². The number of rotatable bonds is 0. The van der Waals surface area contributed by atoms with Gasteiger partial charge in [0.2, 0.25) is 0 Å². The third-order valence-electron chi connectivity index (χ3n) is 1.36. The van der Waals surface area contributed by atoms with E-state index in [0.717, 1.165) is 12.0 Å². The van der Waals surface area contributed by atoms with Gasteiger partial charge in [0.15, 0.2) is 0 Å². The summed E-state index contributed by atoms with van der Waals surface area (Å²) in [5, 5.41) is 3.23. The lowest BCUT2D eigenvalue weighted by Crippen LogP contribution is -2.32. The minimum Gasteiger partial charge on any atom is -0.313 e. The zero-order chi connectivity index (χ0) is 3.28. The molecule has 2 aliphatic rings. The lowest BCUT2D eigenvalue weighted by atomic mass is 10.3. The van der Waals surface area contributed by atoms with Crippen molar-refractivity contribution in [3.63, 3.8) is 0 Å². The average Bonchev–Trinajstić information content (AvgIpc) is 1.74. The van der Waals surface area contributed by atoms with E-state index in [2.05, 4.69) is 11.7 Å². The lowest BCUT2D eigenvalue weighted by Gasteiger charge is -2.08. The smallest absolute Gasteiger partial charge is 0.0146 e. The van der Waals surface area contributed by atoms with E-state index in [9.17, 15) is 0 Å². The molecule has 0 amide bonds. The summed E-state index contributed by atoms with van der Waals surface area (Å²) in [7, 11) is 0. The molecule has 1 N–H and O–H groups in total. The molecule has 1 saturated carbocycles. The molecule has 1 nitrogen and oxygen atoms in total. The molecule has 2 rings (SSSR count). The van der Waals surface area contributed by atoms with E-state index in [0.29, 0.717) is 0 Å². The summed E-state index contributed by atoms with van der Waals surface area (Å²) in [5.41, 5.74) is 0. The highest BCUT2D eigenvalue weighted by Gasteiger charge is 2.45. The van der Waals surface area contributed by atoms with Crippen LogP contribution in [0.4, 0.5) is 0 Å². The predicted octanol–water partition coefficient (Wildman–Crippen LogP) is -0.208. The molecular weight excluding hydrogens is 62.1 g/mol. The van der Waals surface area contributed by atoms with Crippen LogP contribution in [0.3, 0.4) is 0 Å². The van der Waals surface area contributed by atoms with Gasteiger partial charge in [-0.15, -0.1) is 0 Å². The van der Waals surface area contributed by atoms with Crippen molar-refractivity contribution >= 4 is 0 Å². The summed E-state index contributed by atoms with van der Waals surface area (Å²) in [4.78, 5) is 0. The molecule has 0 aromatic heterocycles. The van der Waals surface area contributed by atoms with E-state index in [1.807, 2.05) is 0 Å². The van der Waals surface area contributed by atoms with Gasteiger partial charge in [-0.2, -0.15) is 0 Å². The Kier molecular flexibility index (Phi) is 0.189. The van der Waals surface area contributed by atoms with Crippen LogP contribution < -0.4 is 5.32 Å². The van der Waals surface area contributed by atoms with E-state index in [1.165, 1.54) is 6.54 Å². The first-order chi connectivity index (χ1) is 2.47. The fourth-order valence-electron chi connectivity index (χ4n) is 0.728. The molecule has 0 bridgehead atoms. The maximum atomic E-state index is 3.23. The zero-order valence-electron chi connectivity index (χ0n) is 2.94. The third-order valence-corrected chi connectivity index (χ3v) is 1.36. The lowest BCUT2D eigenvalue weighted by molar-refractivity contribution is 0.506. The summed E-state index contributed by atoms with van der Waals surface area (Å²) < 4.78 is 0. The summed E-state index contributed by atoms with van der Waals surface area (Å²) in [5.74, 6) is 0.995. The molecule has 1 heteroatoms. The van der Waals surface area contributed by atoms with Crippen LogP contribution in [-0.2, 0) is 0 Å². The van der Waals surface area contributed by atoms with Gasteiger partial charge in [0.25, 0.3) is 0 Å². The Morgan fingerprint density at radius 1 is 1.80 bits per heavy atom. The highest BCUT2D eigenvalue weighted by atomic mass is 15.1. The highest BCUT2D eigenvalue weighted by Crippen LogP contribution is 2.35. The standard InChI is InChI=1S/C4H6N/c1-3-2-5-4(1)3/h1,3-5H,2H2. The Bertz CT molecular complexity index is 48.7. The third kappa shape index (κ3) is 0.127. The van der Waals surface area contributed by atoms with Crippen LogP contribution in [0.1, 0.15) is 0 Å². The first kappa shape index (κ1) is 2.19. The second-order valence-corrected chi connectivity index (χ2v) is 1.79. The second-order valence-electron chi connectivity index (χ2n) is 1.79. The van der Waals surface area contributed by atoms with Crippen molar-refractivity contribution in [2.24, 2.45) is 5.92 Å². The first-order valence-electron chi connectivity index (χ1n) is 2.05. The maximum absolute atomic E-state index is 3.23. The minimum atomic E-state index is 0.856. The summed E-state index contributed by atoms with van der Waals surface area (Å²) >= 11 is 0. The van der Waals surface area contributed by atoms with Crippen molar-refractivity contribution in [2.75, 3.05) is 6.54 Å². The van der Waals surface area contributed by atoms with E-state index < -0.39 is 0 Å². The molecule has 0 spiro atoms. The van der Waals surface area contributed by atoms with Crippen molar-refractivity contribution in [2.45, 2.75) is 6.04 Å². The van der Waals surface area contributed by atoms with Crippen molar-refractivity contribution in [3.05, 3.63) is 6.42 Å². The quantitative estimate of drug-likeness (QED) is 0.414. The fraction of sp³-hybridized carbons (Fsp3) is 0.750. The van der Waals surface area contributed by atoms with E-state index in [1.54, 1.807) is 0 Å². The van der Waals surface area contributed by atoms with Gasteiger partial charge in [0, 0.05) is 12.6 Å². The largest absolute Gasteiger partial charge is 0.313 e. The van der Waals surface area contributed by atoms with E-state index in [4.69, 9.17) is 0 Å². The molecule has 1 heterocycles. The summed E-state index contributed by atoms with van der Waals surface area (Å²) in [6, 6.07) is 0.856. The maximum Gasteiger partial charge on any atom is 0.0146 e. The van der Waals surface area contributed by atoms with Crippen LogP contribution in [0, 0.1) is 12.3 Å². The Labute approximate surface area is 31.4 Å². The average molecular weight is 68.1 g/mol. The number of nitrogens with one attached hydrogen (secondary N) is 1. The van der Waals surface area contributed by atoms with Crippen molar-refractivity contribution in [1.29, 1.82) is 0 Å². The van der Waals surface area contributed by atoms with Crippen LogP contribution in [0.15, 0.2) is 0 Å². The highest BCUT2D eigenvalue weighted by molar-refractivity contribution is 5.20. The van der Waals surface area contributed by atoms with Gasteiger partial charge in [-0.25, -0.2) is 0 Å². The van der Waals surface area contributed by atoms with Gasteiger partial charge in [-0.3, -0.25) is 0 Å². The molecule has 1 aliphatic carbocycles. The monoisotopic (exact) mass is 68.1 g/mol. The first-order valence-corrected chi connectivity index (χ1v) is 2.05. The summed E-state index contributed by atoms with van der Waals surface area (Å²) in [6.07, 6.45) is 2.33. The van der Waals surface area contributed by atoms with Gasteiger partial charge in [0.05, 0.1) is 0 Å². The van der Waals surface area contributed by atoms with Crippen molar-refractivity contribution in [1.82, 2.24) is 5.32 Å². The molecule has 27 valence electrons. The van der Waals surface area contributed by atoms with E-state index in [-0.39, 0.29) is 0 Å². The molecule has 5 heavy (non-hydrogen) atoms. The molecule has 2 fully saturated rings. The van der Waals surface area contributed by atoms with E-state index >= 15 is 0 Å². The Morgan fingerprint density at radius 2 is 2.60 bits per heavy atom. The predicted molar refractivity (Wildman–Crippen MR) is 19.6 cm³/mol. The molecule has 1 aliphatic heterocycles. The van der Waals surface area contributed by atoms with Gasteiger partial charge in [-0.05, 0) is 12.3 Å². The molecule has 1 radical (unpaired) electrons. The van der Waals surface area contributed by atoms with Crippen LogP contribution in [0.5, 0.6) is 0 Å². The van der Waals surface area contributed by atoms with Crippen LogP contribution >= 0.6 is 0 Å². The Hall–Kier alpha value is -0.0400. The van der Waals surface area contributed by atoms with Gasteiger partial charge in [0.1, 0.15) is 0 Å². The molecule has 1 saturated heterocycles. The minimum absolute atomic E-state index is 0.856. The van der Waals surface area contributed by atoms with Crippen LogP contribution in [-0.4, -0.2) is 12.6 Å². The number of hydrogen-bond acceptors (Lipinski definition) is 1. The molecule has 2 atom stereocenters. The van der Waals surface area contributed by atoms with Crippen LogP contribution in [0.2, 0.25) is 0 Å². The van der Waals surface area contributed by atoms with Gasteiger partial charge < -0.3 is 5.32 Å². The molecule has 2 unspecified atom stereocenters. The van der Waals surface area contributed by atoms with Gasteiger partial charge >= 0.3 is 0 Å². The normalized spacial score (nSPS) is 57.6. The Morgan fingerprint density at radius 3 is 2.60 bits per heavy atom. The SMILES string of the molecule is [CH]1C2CNC12. The van der Waals surface area contributed by atoms with Crippen molar-refractivity contribution < 1.29 is 0 Å². The fourth-order valence-corrected chi connectivity index (χ4v) is 0.728. The number of fused-ring (bicyclic) bond motifs is 1. The molecule has 0 aromatic rings. The Balaban J connectivity index is 2.19. The summed E-state index contributed by atoms with van der Waals surface area (Å²) in [6.45, 7) is 1.25. The number of hydrogen-bond donors (Lipinski definition) is 1. The second kappa shape index (κ2) is 0.432. The van der Waals surface area contributed by atoms with Gasteiger partial charge in [-0.1, -0.05) is 0 Å². The van der Waals surface area contributed by atoms with Crippen molar-refractivity contribution in [3.8, 4) is 0 Å². The molecule has 0 aromatic carbocycles. The molecular formula is C4H6N.